The minimum absolute atomic E-state index is 0.0224. The van der Waals surface area contributed by atoms with Gasteiger partial charge in [0.05, 0.1) is 0 Å². The van der Waals surface area contributed by atoms with E-state index in [9.17, 15) is 4.79 Å². The van der Waals surface area contributed by atoms with E-state index in [1.54, 1.807) is 0 Å². The topological polar surface area (TPSA) is 41.6 Å². The fourth-order valence-corrected chi connectivity index (χ4v) is 2.20. The van der Waals surface area contributed by atoms with Gasteiger partial charge in [-0.15, -0.1) is 0 Å². The third kappa shape index (κ3) is 1.80. The monoisotopic (exact) mass is 210 g/mol. The highest BCUT2D eigenvalue weighted by Gasteiger charge is 2.37. The molecule has 4 nitrogen and oxygen atoms in total. The van der Waals surface area contributed by atoms with Crippen molar-refractivity contribution >= 4 is 5.91 Å². The first-order valence-corrected chi connectivity index (χ1v) is 5.45. The van der Waals surface area contributed by atoms with Crippen molar-refractivity contribution in [1.82, 2.24) is 10.2 Å². The second-order valence-electron chi connectivity index (χ2n) is 4.83. The summed E-state index contributed by atoms with van der Waals surface area (Å²) in [6.45, 7) is 6.94. The van der Waals surface area contributed by atoms with E-state index in [0.29, 0.717) is 5.70 Å². The van der Waals surface area contributed by atoms with Crippen molar-refractivity contribution in [3.63, 3.8) is 0 Å². The molecule has 0 spiro atoms. The van der Waals surface area contributed by atoms with Crippen LogP contribution in [-0.4, -0.2) is 29.1 Å². The van der Waals surface area contributed by atoms with Crippen LogP contribution in [0.1, 0.15) is 33.6 Å². The number of carbonyl (C=O) groups excluding carboxylic acids is 1. The molecule has 0 aromatic heterocycles. The van der Waals surface area contributed by atoms with E-state index in [-0.39, 0.29) is 17.7 Å². The molecule has 2 rings (SSSR count). The van der Waals surface area contributed by atoms with Gasteiger partial charge in [0.2, 0.25) is 0 Å². The first kappa shape index (κ1) is 10.3. The van der Waals surface area contributed by atoms with Gasteiger partial charge in [-0.1, -0.05) is 0 Å². The summed E-state index contributed by atoms with van der Waals surface area (Å²) in [4.78, 5) is 14.0. The predicted octanol–water partition coefficient (Wildman–Crippen LogP) is 1.19. The Balaban J connectivity index is 2.08. The van der Waals surface area contributed by atoms with Crippen LogP contribution in [0.4, 0.5) is 0 Å². The van der Waals surface area contributed by atoms with Gasteiger partial charge in [-0.3, -0.25) is 4.79 Å². The van der Waals surface area contributed by atoms with Crippen LogP contribution in [-0.2, 0) is 9.53 Å². The highest BCUT2D eigenvalue weighted by atomic mass is 16.5. The molecule has 1 saturated heterocycles. The van der Waals surface area contributed by atoms with Crippen LogP contribution in [0.3, 0.4) is 0 Å². The Bertz CT molecular complexity index is 310. The quantitative estimate of drug-likeness (QED) is 0.707. The zero-order valence-corrected chi connectivity index (χ0v) is 9.54. The molecule has 4 heteroatoms. The van der Waals surface area contributed by atoms with E-state index in [0.717, 1.165) is 19.4 Å². The number of amides is 1. The van der Waals surface area contributed by atoms with Gasteiger partial charge in [-0.2, -0.15) is 0 Å². The van der Waals surface area contributed by atoms with Gasteiger partial charge >= 0.3 is 0 Å². The normalized spacial score (nSPS) is 28.3. The summed E-state index contributed by atoms with van der Waals surface area (Å²) < 4.78 is 5.19. The molecule has 2 aliphatic heterocycles. The zero-order valence-electron chi connectivity index (χ0n) is 9.54. The van der Waals surface area contributed by atoms with Crippen LogP contribution in [0, 0.1) is 0 Å². The standard InChI is InChI=1S/C11H18N2O2/c1-8-12-9(7-15-8)10(14)13-6-4-5-11(13,2)3/h7-8,12H,4-6H2,1-3H3. The maximum Gasteiger partial charge on any atom is 0.273 e. The van der Waals surface area contributed by atoms with Crippen molar-refractivity contribution in [2.45, 2.75) is 45.4 Å². The second kappa shape index (κ2) is 3.43. The van der Waals surface area contributed by atoms with Crippen LogP contribution >= 0.6 is 0 Å². The molecular formula is C11H18N2O2. The Hall–Kier alpha value is -1.19. The minimum Gasteiger partial charge on any atom is -0.476 e. The average molecular weight is 210 g/mol. The van der Waals surface area contributed by atoms with E-state index in [1.807, 2.05) is 11.8 Å². The van der Waals surface area contributed by atoms with Crippen molar-refractivity contribution in [2.24, 2.45) is 0 Å². The molecule has 1 unspecified atom stereocenters. The molecule has 1 fully saturated rings. The first-order chi connectivity index (χ1) is 7.00. The average Bonchev–Trinajstić information content (AvgIpc) is 2.70. The molecule has 0 aromatic carbocycles. The summed E-state index contributed by atoms with van der Waals surface area (Å²) in [6.07, 6.45) is 3.60. The lowest BCUT2D eigenvalue weighted by molar-refractivity contribution is -0.130. The molecule has 1 atom stereocenters. The van der Waals surface area contributed by atoms with E-state index in [2.05, 4.69) is 19.2 Å². The fraction of sp³-hybridized carbons (Fsp3) is 0.727. The number of likely N-dealkylation sites (tertiary alicyclic amines) is 1. The molecule has 1 amide bonds. The van der Waals surface area contributed by atoms with Gasteiger partial charge < -0.3 is 15.0 Å². The third-order valence-corrected chi connectivity index (χ3v) is 3.13. The van der Waals surface area contributed by atoms with Crippen LogP contribution in [0.5, 0.6) is 0 Å². The number of hydrogen-bond acceptors (Lipinski definition) is 3. The number of nitrogens with one attached hydrogen (secondary N) is 1. The highest BCUT2D eigenvalue weighted by molar-refractivity contribution is 5.93. The lowest BCUT2D eigenvalue weighted by atomic mass is 10.0. The number of nitrogens with zero attached hydrogens (tertiary/aromatic N) is 1. The van der Waals surface area contributed by atoms with Gasteiger partial charge in [-0.05, 0) is 33.6 Å². The summed E-state index contributed by atoms with van der Waals surface area (Å²) in [5.74, 6) is 0.0573. The van der Waals surface area contributed by atoms with Crippen LogP contribution < -0.4 is 5.32 Å². The van der Waals surface area contributed by atoms with E-state index in [4.69, 9.17) is 4.74 Å². The number of hydrogen-bond donors (Lipinski definition) is 1. The van der Waals surface area contributed by atoms with Crippen molar-refractivity contribution < 1.29 is 9.53 Å². The number of rotatable bonds is 1. The minimum atomic E-state index is -0.0883. The van der Waals surface area contributed by atoms with Gasteiger partial charge in [0.1, 0.15) is 12.0 Å². The van der Waals surface area contributed by atoms with Crippen LogP contribution in [0.2, 0.25) is 0 Å². The van der Waals surface area contributed by atoms with Gasteiger partial charge in [-0.25, -0.2) is 0 Å². The molecule has 2 aliphatic rings. The Morgan fingerprint density at radius 2 is 2.40 bits per heavy atom. The highest BCUT2D eigenvalue weighted by Crippen LogP contribution is 2.29. The number of carbonyl (C=O) groups is 1. The molecule has 0 radical (unpaired) electrons. The Morgan fingerprint density at radius 3 is 2.87 bits per heavy atom. The first-order valence-electron chi connectivity index (χ1n) is 5.45. The molecule has 0 bridgehead atoms. The molecule has 1 N–H and O–H groups in total. The van der Waals surface area contributed by atoms with E-state index < -0.39 is 0 Å². The van der Waals surface area contributed by atoms with Gasteiger partial charge in [0.15, 0.2) is 6.23 Å². The molecule has 0 aliphatic carbocycles. The predicted molar refractivity (Wildman–Crippen MR) is 56.8 cm³/mol. The maximum atomic E-state index is 12.1. The SMILES string of the molecule is CC1NC(C(=O)N2CCCC2(C)C)=CO1. The van der Waals surface area contributed by atoms with Crippen LogP contribution in [0.25, 0.3) is 0 Å². The Morgan fingerprint density at radius 1 is 1.67 bits per heavy atom. The largest absolute Gasteiger partial charge is 0.476 e. The third-order valence-electron chi connectivity index (χ3n) is 3.13. The van der Waals surface area contributed by atoms with Gasteiger partial charge in [0, 0.05) is 12.1 Å². The van der Waals surface area contributed by atoms with Crippen LogP contribution in [0.15, 0.2) is 12.0 Å². The summed E-state index contributed by atoms with van der Waals surface area (Å²) in [7, 11) is 0. The summed E-state index contributed by atoms with van der Waals surface area (Å²) in [5, 5.41) is 3.02. The Labute approximate surface area is 90.3 Å². The number of ether oxygens (including phenoxy) is 1. The van der Waals surface area contributed by atoms with Crippen molar-refractivity contribution in [3.8, 4) is 0 Å². The summed E-state index contributed by atoms with van der Waals surface area (Å²) in [5.41, 5.74) is 0.559. The Kier molecular flexibility index (Phi) is 2.37. The molecule has 0 saturated carbocycles. The molecule has 84 valence electrons. The lowest BCUT2D eigenvalue weighted by Gasteiger charge is -2.31. The van der Waals surface area contributed by atoms with Crippen molar-refractivity contribution in [2.75, 3.05) is 6.54 Å². The van der Waals surface area contributed by atoms with Gasteiger partial charge in [0.25, 0.3) is 5.91 Å². The lowest BCUT2D eigenvalue weighted by Crippen LogP contribution is -2.45. The van der Waals surface area contributed by atoms with Crippen molar-refractivity contribution in [3.05, 3.63) is 12.0 Å². The molecule has 2 heterocycles. The molecule has 0 aromatic rings. The molecular weight excluding hydrogens is 192 g/mol. The van der Waals surface area contributed by atoms with E-state index >= 15 is 0 Å². The summed E-state index contributed by atoms with van der Waals surface area (Å²) in [6, 6.07) is 0. The molecule has 15 heavy (non-hydrogen) atoms. The fourth-order valence-electron chi connectivity index (χ4n) is 2.20. The maximum absolute atomic E-state index is 12.1. The zero-order chi connectivity index (χ0) is 11.1. The van der Waals surface area contributed by atoms with Crippen molar-refractivity contribution in [1.29, 1.82) is 0 Å². The second-order valence-corrected chi connectivity index (χ2v) is 4.83. The summed E-state index contributed by atoms with van der Waals surface area (Å²) >= 11 is 0. The van der Waals surface area contributed by atoms with E-state index in [1.165, 1.54) is 6.26 Å². The smallest absolute Gasteiger partial charge is 0.273 e.